The van der Waals surface area contributed by atoms with Crippen LogP contribution in [0.4, 0.5) is 5.69 Å². The summed E-state index contributed by atoms with van der Waals surface area (Å²) in [5.74, 6) is -0.131. The molecule has 0 bridgehead atoms. The number of aryl methyl sites for hydroxylation is 2. The molecule has 0 aliphatic heterocycles. The van der Waals surface area contributed by atoms with Gasteiger partial charge in [-0.25, -0.2) is 0 Å². The van der Waals surface area contributed by atoms with Gasteiger partial charge < -0.3 is 10.4 Å². The van der Waals surface area contributed by atoms with E-state index in [0.29, 0.717) is 17.0 Å². The van der Waals surface area contributed by atoms with Gasteiger partial charge in [0.1, 0.15) is 11.4 Å². The standard InChI is InChI=1S/C19H19N3O2/c1-3-13-5-7-14(8-6-13)20-19(24)17-11-16(21-22-17)15-9-4-12(2)10-18(15)23/h4-11,23H,3H2,1-2H3,(H,20,24)(H,21,22). The number of rotatable bonds is 4. The second kappa shape index (κ2) is 6.58. The van der Waals surface area contributed by atoms with Crippen molar-refractivity contribution in [3.8, 4) is 17.0 Å². The maximum Gasteiger partial charge on any atom is 0.273 e. The summed E-state index contributed by atoms with van der Waals surface area (Å²) < 4.78 is 0. The summed E-state index contributed by atoms with van der Waals surface area (Å²) in [5.41, 5.74) is 4.35. The number of carbonyl (C=O) groups excluding carboxylic acids is 1. The first kappa shape index (κ1) is 15.8. The van der Waals surface area contributed by atoms with Gasteiger partial charge in [-0.3, -0.25) is 9.89 Å². The summed E-state index contributed by atoms with van der Waals surface area (Å²) in [4.78, 5) is 12.3. The predicted molar refractivity (Wildman–Crippen MR) is 94.2 cm³/mol. The molecular formula is C19H19N3O2. The van der Waals surface area contributed by atoms with Crippen LogP contribution in [0.3, 0.4) is 0 Å². The van der Waals surface area contributed by atoms with Crippen molar-refractivity contribution < 1.29 is 9.90 Å². The Morgan fingerprint density at radius 3 is 2.58 bits per heavy atom. The van der Waals surface area contributed by atoms with Gasteiger partial charge in [-0.1, -0.05) is 25.1 Å². The molecule has 2 aromatic carbocycles. The Kier molecular flexibility index (Phi) is 4.33. The van der Waals surface area contributed by atoms with Crippen molar-refractivity contribution in [2.75, 3.05) is 5.32 Å². The van der Waals surface area contributed by atoms with Gasteiger partial charge in [0.2, 0.25) is 0 Å². The van der Waals surface area contributed by atoms with Crippen LogP contribution >= 0.6 is 0 Å². The molecule has 0 saturated heterocycles. The van der Waals surface area contributed by atoms with Gasteiger partial charge in [0.05, 0.1) is 5.69 Å². The Morgan fingerprint density at radius 2 is 1.92 bits per heavy atom. The number of aromatic amines is 1. The lowest BCUT2D eigenvalue weighted by atomic mass is 10.1. The number of H-pyrrole nitrogens is 1. The topological polar surface area (TPSA) is 78.0 Å². The minimum absolute atomic E-state index is 0.142. The first-order valence-corrected chi connectivity index (χ1v) is 7.82. The maximum absolute atomic E-state index is 12.3. The molecule has 5 heteroatoms. The highest BCUT2D eigenvalue weighted by atomic mass is 16.3. The Bertz CT molecular complexity index is 867. The van der Waals surface area contributed by atoms with Crippen LogP contribution in [0.2, 0.25) is 0 Å². The van der Waals surface area contributed by atoms with Gasteiger partial charge in [-0.15, -0.1) is 0 Å². The van der Waals surface area contributed by atoms with E-state index in [1.807, 2.05) is 37.3 Å². The Labute approximate surface area is 140 Å². The first-order chi connectivity index (χ1) is 11.6. The second-order valence-electron chi connectivity index (χ2n) is 5.69. The number of aromatic nitrogens is 2. The molecule has 1 aromatic heterocycles. The van der Waals surface area contributed by atoms with Gasteiger partial charge >= 0.3 is 0 Å². The third kappa shape index (κ3) is 3.30. The molecular weight excluding hydrogens is 302 g/mol. The van der Waals surface area contributed by atoms with E-state index in [-0.39, 0.29) is 11.7 Å². The molecule has 0 unspecified atom stereocenters. The molecule has 0 saturated carbocycles. The van der Waals surface area contributed by atoms with Gasteiger partial charge in [0, 0.05) is 11.3 Å². The Balaban J connectivity index is 1.78. The monoisotopic (exact) mass is 321 g/mol. The number of hydrogen-bond donors (Lipinski definition) is 3. The summed E-state index contributed by atoms with van der Waals surface area (Å²) in [7, 11) is 0. The van der Waals surface area contributed by atoms with Crippen LogP contribution in [0.25, 0.3) is 11.3 Å². The van der Waals surface area contributed by atoms with Crippen LogP contribution < -0.4 is 5.32 Å². The van der Waals surface area contributed by atoms with E-state index in [1.165, 1.54) is 5.56 Å². The first-order valence-electron chi connectivity index (χ1n) is 7.82. The number of anilines is 1. The summed E-state index contributed by atoms with van der Waals surface area (Å²) in [6, 6.07) is 14.7. The number of nitrogens with zero attached hydrogens (tertiary/aromatic N) is 1. The average molecular weight is 321 g/mol. The number of hydrogen-bond acceptors (Lipinski definition) is 3. The van der Waals surface area contributed by atoms with Gasteiger partial charge in [0.15, 0.2) is 0 Å². The molecule has 0 fully saturated rings. The minimum Gasteiger partial charge on any atom is -0.507 e. The van der Waals surface area contributed by atoms with Crippen LogP contribution in [0, 0.1) is 6.92 Å². The van der Waals surface area contributed by atoms with E-state index in [4.69, 9.17) is 0 Å². The molecule has 0 spiro atoms. The highest BCUT2D eigenvalue weighted by molar-refractivity contribution is 6.03. The summed E-state index contributed by atoms with van der Waals surface area (Å²) >= 11 is 0. The number of nitrogens with one attached hydrogen (secondary N) is 2. The highest BCUT2D eigenvalue weighted by Gasteiger charge is 2.13. The third-order valence-corrected chi connectivity index (χ3v) is 3.87. The molecule has 0 aliphatic carbocycles. The molecule has 5 nitrogen and oxygen atoms in total. The largest absolute Gasteiger partial charge is 0.507 e. The molecule has 0 atom stereocenters. The fraction of sp³-hybridized carbons (Fsp3) is 0.158. The number of amides is 1. The van der Waals surface area contributed by atoms with Crippen molar-refractivity contribution >= 4 is 11.6 Å². The van der Waals surface area contributed by atoms with Crippen molar-refractivity contribution in [1.29, 1.82) is 0 Å². The molecule has 24 heavy (non-hydrogen) atoms. The number of aromatic hydroxyl groups is 1. The summed E-state index contributed by atoms with van der Waals surface area (Å²) in [5, 5.41) is 19.7. The lowest BCUT2D eigenvalue weighted by molar-refractivity contribution is 0.102. The van der Waals surface area contributed by atoms with Crippen molar-refractivity contribution in [1.82, 2.24) is 10.2 Å². The van der Waals surface area contributed by atoms with E-state index in [2.05, 4.69) is 22.4 Å². The molecule has 3 rings (SSSR count). The zero-order valence-corrected chi connectivity index (χ0v) is 13.6. The van der Waals surface area contributed by atoms with Crippen molar-refractivity contribution in [2.24, 2.45) is 0 Å². The Hall–Kier alpha value is -3.08. The van der Waals surface area contributed by atoms with Crippen molar-refractivity contribution in [2.45, 2.75) is 20.3 Å². The van der Waals surface area contributed by atoms with Crippen molar-refractivity contribution in [3.05, 3.63) is 65.4 Å². The van der Waals surface area contributed by atoms with E-state index >= 15 is 0 Å². The molecule has 122 valence electrons. The number of phenols is 1. The van der Waals surface area contributed by atoms with E-state index < -0.39 is 0 Å². The maximum atomic E-state index is 12.3. The van der Waals surface area contributed by atoms with Crippen LogP contribution in [0.1, 0.15) is 28.5 Å². The van der Waals surface area contributed by atoms with Gasteiger partial charge in [-0.2, -0.15) is 5.10 Å². The van der Waals surface area contributed by atoms with Gasteiger partial charge in [-0.05, 0) is 54.8 Å². The van der Waals surface area contributed by atoms with E-state index in [9.17, 15) is 9.90 Å². The van der Waals surface area contributed by atoms with Crippen molar-refractivity contribution in [3.63, 3.8) is 0 Å². The summed E-state index contributed by atoms with van der Waals surface area (Å²) in [6.45, 7) is 3.98. The van der Waals surface area contributed by atoms with Crippen LogP contribution in [0.5, 0.6) is 5.75 Å². The lowest BCUT2D eigenvalue weighted by Gasteiger charge is -2.04. The molecule has 3 N–H and O–H groups in total. The van der Waals surface area contributed by atoms with Gasteiger partial charge in [0.25, 0.3) is 5.91 Å². The lowest BCUT2D eigenvalue weighted by Crippen LogP contribution is -2.12. The second-order valence-corrected chi connectivity index (χ2v) is 5.69. The smallest absolute Gasteiger partial charge is 0.273 e. The normalized spacial score (nSPS) is 10.6. The number of carbonyl (C=O) groups is 1. The number of benzene rings is 2. The van der Waals surface area contributed by atoms with Crippen LogP contribution in [0.15, 0.2) is 48.5 Å². The molecule has 1 heterocycles. The zero-order chi connectivity index (χ0) is 17.1. The van der Waals surface area contributed by atoms with E-state index in [1.54, 1.807) is 18.2 Å². The fourth-order valence-electron chi connectivity index (χ4n) is 2.46. The van der Waals surface area contributed by atoms with Crippen LogP contribution in [-0.2, 0) is 6.42 Å². The quantitative estimate of drug-likeness (QED) is 0.682. The number of phenolic OH excluding ortho intramolecular Hbond substituents is 1. The third-order valence-electron chi connectivity index (χ3n) is 3.87. The SMILES string of the molecule is CCc1ccc(NC(=O)c2cc(-c3ccc(C)cc3O)n[nH]2)cc1. The molecule has 0 radical (unpaired) electrons. The minimum atomic E-state index is -0.274. The average Bonchev–Trinajstić information content (AvgIpc) is 3.05. The zero-order valence-electron chi connectivity index (χ0n) is 13.6. The highest BCUT2D eigenvalue weighted by Crippen LogP contribution is 2.28. The molecule has 1 amide bonds. The predicted octanol–water partition coefficient (Wildman–Crippen LogP) is 3.91. The molecule has 3 aromatic rings. The van der Waals surface area contributed by atoms with Crippen LogP contribution in [-0.4, -0.2) is 21.2 Å². The summed E-state index contributed by atoms with van der Waals surface area (Å²) in [6.07, 6.45) is 0.957. The Morgan fingerprint density at radius 1 is 1.17 bits per heavy atom. The fourth-order valence-corrected chi connectivity index (χ4v) is 2.46. The molecule has 0 aliphatic rings. The van der Waals surface area contributed by atoms with E-state index in [0.717, 1.165) is 17.7 Å².